The highest BCUT2D eigenvalue weighted by Gasteiger charge is 2.15. The summed E-state index contributed by atoms with van der Waals surface area (Å²) in [7, 11) is 0. The molecule has 0 radical (unpaired) electrons. The molecule has 0 aliphatic heterocycles. The van der Waals surface area contributed by atoms with Gasteiger partial charge in [-0.2, -0.15) is 0 Å². The standard InChI is InChI=1S/C15H20N4O.2ClH/c1-10(2)7-11(8-16)18-15(20)14-9-17-12-5-3-4-6-13(12)19-14;;/h3-6,9-11H,7-8,16H2,1-2H3,(H,18,20);2*1H. The molecule has 0 saturated heterocycles. The second-order valence-corrected chi connectivity index (χ2v) is 5.28. The van der Waals surface area contributed by atoms with Gasteiger partial charge in [0.2, 0.25) is 0 Å². The van der Waals surface area contributed by atoms with Gasteiger partial charge in [-0.25, -0.2) is 4.98 Å². The van der Waals surface area contributed by atoms with E-state index in [1.54, 1.807) is 0 Å². The number of carbonyl (C=O) groups excluding carboxylic acids is 1. The molecule has 5 nitrogen and oxygen atoms in total. The fourth-order valence-electron chi connectivity index (χ4n) is 2.11. The number of hydrogen-bond acceptors (Lipinski definition) is 4. The minimum Gasteiger partial charge on any atom is -0.347 e. The van der Waals surface area contributed by atoms with Crippen LogP contribution in [0.3, 0.4) is 0 Å². The smallest absolute Gasteiger partial charge is 0.271 e. The first-order valence-electron chi connectivity index (χ1n) is 6.83. The molecule has 1 aromatic carbocycles. The minimum atomic E-state index is -0.223. The maximum Gasteiger partial charge on any atom is 0.271 e. The monoisotopic (exact) mass is 344 g/mol. The van der Waals surface area contributed by atoms with Crippen LogP contribution in [-0.2, 0) is 0 Å². The molecular formula is C15H22Cl2N4O. The molecular weight excluding hydrogens is 323 g/mol. The lowest BCUT2D eigenvalue weighted by molar-refractivity contribution is 0.0928. The molecule has 0 aliphatic carbocycles. The quantitative estimate of drug-likeness (QED) is 0.873. The molecule has 1 aromatic heterocycles. The molecule has 22 heavy (non-hydrogen) atoms. The van der Waals surface area contributed by atoms with Crippen LogP contribution in [0, 0.1) is 5.92 Å². The Balaban J connectivity index is 0.00000220. The lowest BCUT2D eigenvalue weighted by atomic mass is 10.0. The lowest BCUT2D eigenvalue weighted by Crippen LogP contribution is -2.41. The number of para-hydroxylation sites is 2. The van der Waals surface area contributed by atoms with Crippen molar-refractivity contribution in [2.24, 2.45) is 11.7 Å². The van der Waals surface area contributed by atoms with Crippen LogP contribution in [-0.4, -0.2) is 28.5 Å². The van der Waals surface area contributed by atoms with E-state index in [9.17, 15) is 4.79 Å². The molecule has 2 aromatic rings. The molecule has 2 rings (SSSR count). The Morgan fingerprint density at radius 2 is 1.86 bits per heavy atom. The Bertz CT molecular complexity index is 607. The Morgan fingerprint density at radius 1 is 1.23 bits per heavy atom. The van der Waals surface area contributed by atoms with E-state index >= 15 is 0 Å². The van der Waals surface area contributed by atoms with Gasteiger partial charge in [0, 0.05) is 12.6 Å². The number of rotatable bonds is 5. The van der Waals surface area contributed by atoms with Gasteiger partial charge in [-0.3, -0.25) is 9.78 Å². The van der Waals surface area contributed by atoms with E-state index in [0.717, 1.165) is 11.9 Å². The summed E-state index contributed by atoms with van der Waals surface area (Å²) in [6, 6.07) is 7.44. The Labute approximate surface area is 142 Å². The number of amides is 1. The highest BCUT2D eigenvalue weighted by atomic mass is 35.5. The van der Waals surface area contributed by atoms with Crippen LogP contribution in [0.5, 0.6) is 0 Å². The minimum absolute atomic E-state index is 0. The molecule has 7 heteroatoms. The maximum absolute atomic E-state index is 12.2. The van der Waals surface area contributed by atoms with E-state index < -0.39 is 0 Å². The summed E-state index contributed by atoms with van der Waals surface area (Å²) >= 11 is 0. The van der Waals surface area contributed by atoms with Crippen LogP contribution in [0.1, 0.15) is 30.8 Å². The van der Waals surface area contributed by atoms with Gasteiger partial charge in [0.1, 0.15) is 5.69 Å². The third-order valence-corrected chi connectivity index (χ3v) is 3.06. The molecule has 1 heterocycles. The zero-order chi connectivity index (χ0) is 14.5. The van der Waals surface area contributed by atoms with Gasteiger partial charge < -0.3 is 11.1 Å². The van der Waals surface area contributed by atoms with Gasteiger partial charge in [0.15, 0.2) is 0 Å². The molecule has 0 saturated carbocycles. The summed E-state index contributed by atoms with van der Waals surface area (Å²) in [5.74, 6) is 0.255. The third-order valence-electron chi connectivity index (χ3n) is 3.06. The number of aromatic nitrogens is 2. The second kappa shape index (κ2) is 9.56. The van der Waals surface area contributed by atoms with Crippen molar-refractivity contribution in [2.45, 2.75) is 26.3 Å². The van der Waals surface area contributed by atoms with Gasteiger partial charge in [-0.05, 0) is 24.5 Å². The third kappa shape index (κ3) is 5.40. The SMILES string of the molecule is CC(C)CC(CN)NC(=O)c1cnc2ccccc2n1.Cl.Cl. The average molecular weight is 345 g/mol. The van der Waals surface area contributed by atoms with Crippen LogP contribution >= 0.6 is 24.8 Å². The predicted molar refractivity (Wildman–Crippen MR) is 93.8 cm³/mol. The number of benzene rings is 1. The molecule has 0 spiro atoms. The van der Waals surface area contributed by atoms with Gasteiger partial charge >= 0.3 is 0 Å². The van der Waals surface area contributed by atoms with Crippen molar-refractivity contribution in [1.82, 2.24) is 15.3 Å². The first-order chi connectivity index (χ1) is 9.60. The van der Waals surface area contributed by atoms with Crippen LogP contribution in [0.4, 0.5) is 0 Å². The van der Waals surface area contributed by atoms with E-state index in [4.69, 9.17) is 5.73 Å². The van der Waals surface area contributed by atoms with Crippen LogP contribution < -0.4 is 11.1 Å². The summed E-state index contributed by atoms with van der Waals surface area (Å²) in [6.45, 7) is 4.63. The molecule has 1 amide bonds. The van der Waals surface area contributed by atoms with E-state index in [0.29, 0.717) is 23.7 Å². The van der Waals surface area contributed by atoms with Gasteiger partial charge in [-0.1, -0.05) is 26.0 Å². The fourth-order valence-corrected chi connectivity index (χ4v) is 2.11. The molecule has 122 valence electrons. The van der Waals surface area contributed by atoms with Crippen molar-refractivity contribution in [3.05, 3.63) is 36.2 Å². The molecule has 1 atom stereocenters. The zero-order valence-electron chi connectivity index (χ0n) is 12.7. The first-order valence-corrected chi connectivity index (χ1v) is 6.83. The summed E-state index contributed by atoms with van der Waals surface area (Å²) in [5.41, 5.74) is 7.51. The van der Waals surface area contributed by atoms with Crippen molar-refractivity contribution in [2.75, 3.05) is 6.54 Å². The van der Waals surface area contributed by atoms with Crippen LogP contribution in [0.2, 0.25) is 0 Å². The summed E-state index contributed by atoms with van der Waals surface area (Å²) in [5, 5.41) is 2.91. The fraction of sp³-hybridized carbons (Fsp3) is 0.400. The Kier molecular flexibility index (Phi) is 8.94. The number of nitrogens with one attached hydrogen (secondary N) is 1. The van der Waals surface area contributed by atoms with E-state index in [-0.39, 0.29) is 36.8 Å². The average Bonchev–Trinajstić information content (AvgIpc) is 2.45. The van der Waals surface area contributed by atoms with Crippen molar-refractivity contribution < 1.29 is 4.79 Å². The predicted octanol–water partition coefficient (Wildman–Crippen LogP) is 2.58. The lowest BCUT2D eigenvalue weighted by Gasteiger charge is -2.18. The topological polar surface area (TPSA) is 80.9 Å². The molecule has 3 N–H and O–H groups in total. The van der Waals surface area contributed by atoms with E-state index in [1.165, 1.54) is 6.20 Å². The largest absolute Gasteiger partial charge is 0.347 e. The van der Waals surface area contributed by atoms with Crippen molar-refractivity contribution in [3.63, 3.8) is 0 Å². The van der Waals surface area contributed by atoms with E-state index in [1.807, 2.05) is 24.3 Å². The van der Waals surface area contributed by atoms with Crippen molar-refractivity contribution >= 4 is 41.8 Å². The van der Waals surface area contributed by atoms with Crippen molar-refractivity contribution in [1.29, 1.82) is 0 Å². The first kappa shape index (κ1) is 20.6. The molecule has 0 bridgehead atoms. The summed E-state index contributed by atoms with van der Waals surface area (Å²) < 4.78 is 0. The second-order valence-electron chi connectivity index (χ2n) is 5.28. The molecule has 1 unspecified atom stereocenters. The van der Waals surface area contributed by atoms with Crippen LogP contribution in [0.15, 0.2) is 30.5 Å². The van der Waals surface area contributed by atoms with E-state index in [2.05, 4.69) is 29.1 Å². The summed E-state index contributed by atoms with van der Waals surface area (Å²) in [4.78, 5) is 20.7. The zero-order valence-corrected chi connectivity index (χ0v) is 14.3. The normalized spacial score (nSPS) is 11.5. The molecule has 0 aliphatic rings. The number of nitrogens with two attached hydrogens (primary N) is 1. The number of hydrogen-bond donors (Lipinski definition) is 2. The van der Waals surface area contributed by atoms with Gasteiger partial charge in [-0.15, -0.1) is 24.8 Å². The number of halogens is 2. The summed E-state index contributed by atoms with van der Waals surface area (Å²) in [6.07, 6.45) is 2.35. The Hall–Kier alpha value is -1.43. The van der Waals surface area contributed by atoms with Crippen molar-refractivity contribution in [3.8, 4) is 0 Å². The highest BCUT2D eigenvalue weighted by Crippen LogP contribution is 2.09. The van der Waals surface area contributed by atoms with Gasteiger partial charge in [0.25, 0.3) is 5.91 Å². The Morgan fingerprint density at radius 3 is 2.45 bits per heavy atom. The number of nitrogens with zero attached hydrogens (tertiary/aromatic N) is 2. The van der Waals surface area contributed by atoms with Crippen LogP contribution in [0.25, 0.3) is 11.0 Å². The molecule has 0 fully saturated rings. The maximum atomic E-state index is 12.2. The number of fused-ring (bicyclic) bond motifs is 1. The van der Waals surface area contributed by atoms with Gasteiger partial charge in [0.05, 0.1) is 17.2 Å². The number of carbonyl (C=O) groups is 1. The highest BCUT2D eigenvalue weighted by molar-refractivity contribution is 5.93.